The van der Waals surface area contributed by atoms with Gasteiger partial charge in [0.05, 0.1) is 7.11 Å². The second-order valence-electron chi connectivity index (χ2n) is 8.34. The Labute approximate surface area is 178 Å². The van der Waals surface area contributed by atoms with Crippen molar-refractivity contribution in [3.8, 4) is 5.75 Å². The van der Waals surface area contributed by atoms with E-state index in [4.69, 9.17) is 4.74 Å². The standard InChI is InChI=1S/C24H31N3O3/c1-17-21-9-4-5-10-22(21)27(16-19-7-6-8-20(15-19)30-3)23(17)24(29)26-13-11-25(12-14-26)18(2)28/h6-8,15H,4-5,9-14,16H2,1-3H3. The molecule has 0 spiro atoms. The second kappa shape index (κ2) is 8.54. The van der Waals surface area contributed by atoms with Gasteiger partial charge in [0, 0.05) is 45.3 Å². The Kier molecular flexibility index (Phi) is 5.84. The molecule has 6 nitrogen and oxygen atoms in total. The van der Waals surface area contributed by atoms with Crippen molar-refractivity contribution in [3.63, 3.8) is 0 Å². The molecule has 0 unspecified atom stereocenters. The van der Waals surface area contributed by atoms with Crippen LogP contribution >= 0.6 is 0 Å². The zero-order valence-electron chi connectivity index (χ0n) is 18.2. The Balaban J connectivity index is 1.67. The van der Waals surface area contributed by atoms with E-state index < -0.39 is 0 Å². The third-order valence-electron chi connectivity index (χ3n) is 6.53. The van der Waals surface area contributed by atoms with Crippen molar-refractivity contribution in [2.75, 3.05) is 33.3 Å². The fourth-order valence-electron chi connectivity index (χ4n) is 4.85. The van der Waals surface area contributed by atoms with Crippen LogP contribution in [-0.4, -0.2) is 59.5 Å². The smallest absolute Gasteiger partial charge is 0.270 e. The molecule has 1 fully saturated rings. The Morgan fingerprint density at radius 1 is 1.03 bits per heavy atom. The molecule has 0 N–H and O–H groups in total. The molecule has 2 aromatic rings. The van der Waals surface area contributed by atoms with Crippen LogP contribution in [0.2, 0.25) is 0 Å². The van der Waals surface area contributed by atoms with Gasteiger partial charge in [-0.1, -0.05) is 12.1 Å². The zero-order valence-corrected chi connectivity index (χ0v) is 18.2. The number of carbonyl (C=O) groups excluding carboxylic acids is 2. The zero-order chi connectivity index (χ0) is 21.3. The SMILES string of the molecule is COc1cccc(Cn2c3c(c(C)c2C(=O)N2CCN(C(C)=O)CC2)CCCC3)c1. The molecule has 160 valence electrons. The van der Waals surface area contributed by atoms with Crippen molar-refractivity contribution in [2.24, 2.45) is 0 Å². The van der Waals surface area contributed by atoms with E-state index in [1.54, 1.807) is 14.0 Å². The number of nitrogens with zero attached hydrogens (tertiary/aromatic N) is 3. The highest BCUT2D eigenvalue weighted by atomic mass is 16.5. The highest BCUT2D eigenvalue weighted by molar-refractivity contribution is 5.95. The molecule has 2 heterocycles. The van der Waals surface area contributed by atoms with Crippen LogP contribution in [0.4, 0.5) is 0 Å². The molecule has 1 aromatic heterocycles. The molecule has 6 heteroatoms. The van der Waals surface area contributed by atoms with Crippen LogP contribution in [0.3, 0.4) is 0 Å². The van der Waals surface area contributed by atoms with E-state index in [1.807, 2.05) is 28.0 Å². The molecule has 2 aliphatic rings. The molecule has 1 aliphatic heterocycles. The number of carbonyl (C=O) groups is 2. The van der Waals surface area contributed by atoms with Gasteiger partial charge >= 0.3 is 0 Å². The minimum Gasteiger partial charge on any atom is -0.497 e. The summed E-state index contributed by atoms with van der Waals surface area (Å²) in [7, 11) is 1.68. The Morgan fingerprint density at radius 3 is 2.43 bits per heavy atom. The lowest BCUT2D eigenvalue weighted by Gasteiger charge is -2.34. The largest absolute Gasteiger partial charge is 0.497 e. The summed E-state index contributed by atoms with van der Waals surface area (Å²) >= 11 is 0. The molecular formula is C24H31N3O3. The van der Waals surface area contributed by atoms with Gasteiger partial charge in [0.25, 0.3) is 5.91 Å². The molecule has 1 aromatic carbocycles. The van der Waals surface area contributed by atoms with Crippen LogP contribution in [-0.2, 0) is 24.2 Å². The molecule has 0 saturated carbocycles. The first-order valence-electron chi connectivity index (χ1n) is 10.9. The molecule has 0 radical (unpaired) electrons. The van der Waals surface area contributed by atoms with Crippen LogP contribution < -0.4 is 4.74 Å². The van der Waals surface area contributed by atoms with E-state index in [-0.39, 0.29) is 11.8 Å². The van der Waals surface area contributed by atoms with Crippen molar-refractivity contribution in [3.05, 3.63) is 52.3 Å². The first-order chi connectivity index (χ1) is 14.5. The van der Waals surface area contributed by atoms with Crippen LogP contribution in [0.25, 0.3) is 0 Å². The minimum atomic E-state index is 0.0788. The van der Waals surface area contributed by atoms with Gasteiger partial charge in [0.2, 0.25) is 5.91 Å². The van der Waals surface area contributed by atoms with Crippen LogP contribution in [0.1, 0.15) is 52.6 Å². The Bertz CT molecular complexity index is 955. The van der Waals surface area contributed by atoms with Crippen molar-refractivity contribution < 1.29 is 14.3 Å². The summed E-state index contributed by atoms with van der Waals surface area (Å²) in [6.07, 6.45) is 4.41. The van der Waals surface area contributed by atoms with Gasteiger partial charge in [-0.15, -0.1) is 0 Å². The number of piperazine rings is 1. The molecule has 30 heavy (non-hydrogen) atoms. The van der Waals surface area contributed by atoms with E-state index in [0.29, 0.717) is 32.7 Å². The van der Waals surface area contributed by atoms with Crippen molar-refractivity contribution >= 4 is 11.8 Å². The number of benzene rings is 1. The minimum absolute atomic E-state index is 0.0788. The molecule has 4 rings (SSSR count). The van der Waals surface area contributed by atoms with Gasteiger partial charge in [-0.3, -0.25) is 9.59 Å². The van der Waals surface area contributed by atoms with Crippen LogP contribution in [0.5, 0.6) is 5.75 Å². The maximum absolute atomic E-state index is 13.6. The number of methoxy groups -OCH3 is 1. The summed E-state index contributed by atoms with van der Waals surface area (Å²) in [5, 5.41) is 0. The fourth-order valence-corrected chi connectivity index (χ4v) is 4.85. The summed E-state index contributed by atoms with van der Waals surface area (Å²) in [6, 6.07) is 8.08. The average Bonchev–Trinajstić information content (AvgIpc) is 3.05. The number of hydrogen-bond donors (Lipinski definition) is 0. The van der Waals surface area contributed by atoms with Gasteiger partial charge in [0.1, 0.15) is 11.4 Å². The summed E-state index contributed by atoms with van der Waals surface area (Å²) in [6.45, 7) is 6.76. The highest BCUT2D eigenvalue weighted by Gasteiger charge is 2.30. The number of amides is 2. The summed E-state index contributed by atoms with van der Waals surface area (Å²) in [4.78, 5) is 29.0. The van der Waals surface area contributed by atoms with Gasteiger partial charge in [-0.2, -0.15) is 0 Å². The first kappa shape index (κ1) is 20.5. The van der Waals surface area contributed by atoms with E-state index in [9.17, 15) is 9.59 Å². The van der Waals surface area contributed by atoms with Gasteiger partial charge in [0.15, 0.2) is 0 Å². The van der Waals surface area contributed by atoms with Crippen molar-refractivity contribution in [2.45, 2.75) is 46.1 Å². The van der Waals surface area contributed by atoms with Crippen LogP contribution in [0, 0.1) is 6.92 Å². The summed E-state index contributed by atoms with van der Waals surface area (Å²) in [5.74, 6) is 1.00. The fraction of sp³-hybridized carbons (Fsp3) is 0.500. The van der Waals surface area contributed by atoms with Gasteiger partial charge in [-0.05, 0) is 61.4 Å². The number of hydrogen-bond acceptors (Lipinski definition) is 3. The molecule has 1 aliphatic carbocycles. The normalized spacial score (nSPS) is 16.4. The van der Waals surface area contributed by atoms with Gasteiger partial charge < -0.3 is 19.1 Å². The monoisotopic (exact) mass is 409 g/mol. The predicted molar refractivity (Wildman–Crippen MR) is 116 cm³/mol. The number of aromatic nitrogens is 1. The number of fused-ring (bicyclic) bond motifs is 1. The first-order valence-corrected chi connectivity index (χ1v) is 10.9. The molecule has 1 saturated heterocycles. The van der Waals surface area contributed by atoms with E-state index in [2.05, 4.69) is 17.6 Å². The van der Waals surface area contributed by atoms with Crippen molar-refractivity contribution in [1.29, 1.82) is 0 Å². The summed E-state index contributed by atoms with van der Waals surface area (Å²) < 4.78 is 7.64. The Morgan fingerprint density at radius 2 is 1.73 bits per heavy atom. The maximum Gasteiger partial charge on any atom is 0.270 e. The lowest BCUT2D eigenvalue weighted by Crippen LogP contribution is -2.50. The number of rotatable bonds is 4. The second-order valence-corrected chi connectivity index (χ2v) is 8.34. The molecule has 2 amide bonds. The van der Waals surface area contributed by atoms with Crippen molar-refractivity contribution in [1.82, 2.24) is 14.4 Å². The maximum atomic E-state index is 13.6. The Hall–Kier alpha value is -2.76. The quantitative estimate of drug-likeness (QED) is 0.780. The molecule has 0 bridgehead atoms. The molecular weight excluding hydrogens is 378 g/mol. The third-order valence-corrected chi connectivity index (χ3v) is 6.53. The highest BCUT2D eigenvalue weighted by Crippen LogP contribution is 2.31. The predicted octanol–water partition coefficient (Wildman–Crippen LogP) is 3.04. The van der Waals surface area contributed by atoms with E-state index in [0.717, 1.165) is 35.4 Å². The van der Waals surface area contributed by atoms with Gasteiger partial charge in [-0.25, -0.2) is 0 Å². The van der Waals surface area contributed by atoms with E-state index >= 15 is 0 Å². The van der Waals surface area contributed by atoms with Crippen LogP contribution in [0.15, 0.2) is 24.3 Å². The number of ether oxygens (including phenoxy) is 1. The molecule has 0 atom stereocenters. The topological polar surface area (TPSA) is 54.8 Å². The lowest BCUT2D eigenvalue weighted by molar-refractivity contribution is -0.130. The summed E-state index contributed by atoms with van der Waals surface area (Å²) in [5.41, 5.74) is 5.75. The third kappa shape index (κ3) is 3.83. The average molecular weight is 410 g/mol. The lowest BCUT2D eigenvalue weighted by atomic mass is 9.95. The van der Waals surface area contributed by atoms with E-state index in [1.165, 1.54) is 24.1 Å².